The molecule has 0 aliphatic carbocycles. The monoisotopic (exact) mass is 281 g/mol. The maximum atomic E-state index is 6.17. The molecule has 1 N–H and O–H groups in total. The topological polar surface area (TPSA) is 12.0 Å². The van der Waals surface area contributed by atoms with Crippen LogP contribution < -0.4 is 5.32 Å². The molecule has 108 valence electrons. The van der Waals surface area contributed by atoms with Crippen LogP contribution in [0.3, 0.4) is 0 Å². The zero-order chi connectivity index (χ0) is 13.9. The molecule has 0 spiro atoms. The van der Waals surface area contributed by atoms with Crippen molar-refractivity contribution in [3.63, 3.8) is 0 Å². The van der Waals surface area contributed by atoms with Gasteiger partial charge in [0.15, 0.2) is 0 Å². The van der Waals surface area contributed by atoms with Crippen molar-refractivity contribution in [2.45, 2.75) is 64.8 Å². The van der Waals surface area contributed by atoms with E-state index >= 15 is 0 Å². The summed E-state index contributed by atoms with van der Waals surface area (Å²) in [7, 11) is 0. The zero-order valence-electron chi connectivity index (χ0n) is 12.4. The summed E-state index contributed by atoms with van der Waals surface area (Å²) < 4.78 is 0. The highest BCUT2D eigenvalue weighted by Crippen LogP contribution is 2.16. The molecule has 0 aromatic heterocycles. The van der Waals surface area contributed by atoms with E-state index in [2.05, 4.69) is 31.3 Å². The average molecular weight is 282 g/mol. The molecule has 0 aliphatic heterocycles. The van der Waals surface area contributed by atoms with E-state index in [1.165, 1.54) is 44.1 Å². The normalized spacial score (nSPS) is 12.6. The fraction of sp³-hybridized carbons (Fsp3) is 0.647. The number of benzene rings is 1. The highest BCUT2D eigenvalue weighted by atomic mass is 35.5. The molecular formula is C17H28ClN. The lowest BCUT2D eigenvalue weighted by molar-refractivity contribution is 0.511. The molecule has 1 atom stereocenters. The molecular weight excluding hydrogens is 254 g/mol. The van der Waals surface area contributed by atoms with Crippen LogP contribution in [0.2, 0.25) is 5.02 Å². The van der Waals surface area contributed by atoms with Gasteiger partial charge in [-0.15, -0.1) is 0 Å². The Morgan fingerprint density at radius 1 is 1.05 bits per heavy atom. The second-order valence-corrected chi connectivity index (χ2v) is 5.83. The summed E-state index contributed by atoms with van der Waals surface area (Å²) in [5, 5.41) is 4.48. The van der Waals surface area contributed by atoms with Crippen molar-refractivity contribution >= 4 is 11.6 Å². The van der Waals surface area contributed by atoms with Gasteiger partial charge in [-0.05, 0) is 37.9 Å². The molecule has 0 bridgehead atoms. The molecule has 0 heterocycles. The van der Waals surface area contributed by atoms with Gasteiger partial charge in [-0.3, -0.25) is 0 Å². The third kappa shape index (κ3) is 7.59. The summed E-state index contributed by atoms with van der Waals surface area (Å²) in [4.78, 5) is 0. The number of hydrogen-bond acceptors (Lipinski definition) is 1. The Balaban J connectivity index is 2.08. The van der Waals surface area contributed by atoms with Crippen molar-refractivity contribution in [3.8, 4) is 0 Å². The summed E-state index contributed by atoms with van der Waals surface area (Å²) in [6, 6.07) is 8.63. The van der Waals surface area contributed by atoms with Gasteiger partial charge in [0.2, 0.25) is 0 Å². The Hall–Kier alpha value is -0.530. The molecule has 0 radical (unpaired) electrons. The summed E-state index contributed by atoms with van der Waals surface area (Å²) in [6.45, 7) is 5.62. The molecule has 1 aromatic rings. The third-order valence-electron chi connectivity index (χ3n) is 3.51. The van der Waals surface area contributed by atoms with E-state index in [9.17, 15) is 0 Å². The third-order valence-corrected chi connectivity index (χ3v) is 3.88. The molecule has 1 unspecified atom stereocenters. The van der Waals surface area contributed by atoms with Gasteiger partial charge in [-0.2, -0.15) is 0 Å². The standard InChI is InChI=1S/C17H28ClN/c1-3-4-5-6-7-10-13-19-15(2)14-16-11-8-9-12-17(16)18/h8-9,11-12,15,19H,3-7,10,13-14H2,1-2H3. The predicted molar refractivity (Wildman–Crippen MR) is 86.0 cm³/mol. The number of nitrogens with one attached hydrogen (secondary N) is 1. The first kappa shape index (κ1) is 16.5. The summed E-state index contributed by atoms with van der Waals surface area (Å²) in [6.07, 6.45) is 9.14. The highest BCUT2D eigenvalue weighted by Gasteiger charge is 2.05. The lowest BCUT2D eigenvalue weighted by Gasteiger charge is -2.14. The largest absolute Gasteiger partial charge is 0.314 e. The molecule has 0 amide bonds. The zero-order valence-corrected chi connectivity index (χ0v) is 13.2. The van der Waals surface area contributed by atoms with Gasteiger partial charge >= 0.3 is 0 Å². The molecule has 0 saturated carbocycles. The van der Waals surface area contributed by atoms with E-state index in [0.717, 1.165) is 18.0 Å². The van der Waals surface area contributed by atoms with Crippen molar-refractivity contribution in [2.24, 2.45) is 0 Å². The summed E-state index contributed by atoms with van der Waals surface area (Å²) >= 11 is 6.17. The van der Waals surface area contributed by atoms with Gasteiger partial charge in [0.25, 0.3) is 0 Å². The lowest BCUT2D eigenvalue weighted by atomic mass is 10.1. The van der Waals surface area contributed by atoms with Crippen molar-refractivity contribution in [3.05, 3.63) is 34.9 Å². The second kappa shape index (κ2) is 10.3. The summed E-state index contributed by atoms with van der Waals surface area (Å²) in [5.41, 5.74) is 1.24. The Bertz CT molecular complexity index is 338. The molecule has 0 fully saturated rings. The first-order valence-corrected chi connectivity index (χ1v) is 8.08. The smallest absolute Gasteiger partial charge is 0.0438 e. The van der Waals surface area contributed by atoms with Gasteiger partial charge in [0, 0.05) is 11.1 Å². The maximum absolute atomic E-state index is 6.17. The Morgan fingerprint density at radius 3 is 2.47 bits per heavy atom. The molecule has 1 rings (SSSR count). The predicted octanol–water partition coefficient (Wildman–Crippen LogP) is 5.22. The minimum atomic E-state index is 0.496. The first-order valence-electron chi connectivity index (χ1n) is 7.70. The van der Waals surface area contributed by atoms with E-state index in [1.807, 2.05) is 12.1 Å². The van der Waals surface area contributed by atoms with E-state index in [4.69, 9.17) is 11.6 Å². The molecule has 2 heteroatoms. The van der Waals surface area contributed by atoms with Crippen LogP contribution in [0, 0.1) is 0 Å². The molecule has 1 nitrogen and oxygen atoms in total. The van der Waals surface area contributed by atoms with Crippen LogP contribution in [0.15, 0.2) is 24.3 Å². The number of hydrogen-bond donors (Lipinski definition) is 1. The SMILES string of the molecule is CCCCCCCCNC(C)Cc1ccccc1Cl. The van der Waals surface area contributed by atoms with Crippen LogP contribution in [0.25, 0.3) is 0 Å². The fourth-order valence-electron chi connectivity index (χ4n) is 2.32. The van der Waals surface area contributed by atoms with E-state index in [-0.39, 0.29) is 0 Å². The number of halogens is 1. The minimum absolute atomic E-state index is 0.496. The van der Waals surface area contributed by atoms with Crippen LogP contribution in [0.4, 0.5) is 0 Å². The Labute approximate surface area is 123 Å². The van der Waals surface area contributed by atoms with E-state index in [1.54, 1.807) is 0 Å². The first-order chi connectivity index (χ1) is 9.24. The van der Waals surface area contributed by atoms with Crippen molar-refractivity contribution in [2.75, 3.05) is 6.54 Å². The van der Waals surface area contributed by atoms with Crippen molar-refractivity contribution in [1.29, 1.82) is 0 Å². The van der Waals surface area contributed by atoms with Gasteiger partial charge in [-0.1, -0.05) is 68.8 Å². The van der Waals surface area contributed by atoms with Gasteiger partial charge in [-0.25, -0.2) is 0 Å². The van der Waals surface area contributed by atoms with Crippen LogP contribution in [0.5, 0.6) is 0 Å². The van der Waals surface area contributed by atoms with E-state index in [0.29, 0.717) is 6.04 Å². The van der Waals surface area contributed by atoms with Crippen LogP contribution in [0.1, 0.15) is 57.9 Å². The lowest BCUT2D eigenvalue weighted by Crippen LogP contribution is -2.29. The Kier molecular flexibility index (Phi) is 8.94. The number of rotatable bonds is 10. The quantitative estimate of drug-likeness (QED) is 0.580. The van der Waals surface area contributed by atoms with Gasteiger partial charge < -0.3 is 5.32 Å². The average Bonchev–Trinajstić information content (AvgIpc) is 2.40. The van der Waals surface area contributed by atoms with E-state index < -0.39 is 0 Å². The maximum Gasteiger partial charge on any atom is 0.0438 e. The molecule has 0 aliphatic rings. The van der Waals surface area contributed by atoms with Crippen LogP contribution >= 0.6 is 11.6 Å². The summed E-state index contributed by atoms with van der Waals surface area (Å²) in [5.74, 6) is 0. The molecule has 1 aromatic carbocycles. The fourth-order valence-corrected chi connectivity index (χ4v) is 2.53. The highest BCUT2D eigenvalue weighted by molar-refractivity contribution is 6.31. The van der Waals surface area contributed by atoms with Crippen LogP contribution in [-0.2, 0) is 6.42 Å². The van der Waals surface area contributed by atoms with Crippen LogP contribution in [-0.4, -0.2) is 12.6 Å². The van der Waals surface area contributed by atoms with Gasteiger partial charge in [0.05, 0.1) is 0 Å². The second-order valence-electron chi connectivity index (χ2n) is 5.42. The number of unbranched alkanes of at least 4 members (excludes halogenated alkanes) is 5. The van der Waals surface area contributed by atoms with Crippen molar-refractivity contribution < 1.29 is 0 Å². The molecule has 0 saturated heterocycles. The minimum Gasteiger partial charge on any atom is -0.314 e. The van der Waals surface area contributed by atoms with Gasteiger partial charge in [0.1, 0.15) is 0 Å². The Morgan fingerprint density at radius 2 is 1.74 bits per heavy atom. The van der Waals surface area contributed by atoms with Crippen molar-refractivity contribution in [1.82, 2.24) is 5.32 Å². The molecule has 19 heavy (non-hydrogen) atoms.